The average molecular weight is 469 g/mol. The number of methoxy groups -OCH3 is 1. The van der Waals surface area contributed by atoms with Gasteiger partial charge in [-0.25, -0.2) is 15.3 Å². The van der Waals surface area contributed by atoms with E-state index >= 15 is 0 Å². The molecule has 177 valence electrons. The lowest BCUT2D eigenvalue weighted by Crippen LogP contribution is -2.36. The van der Waals surface area contributed by atoms with E-state index in [9.17, 15) is 9.59 Å². The summed E-state index contributed by atoms with van der Waals surface area (Å²) < 4.78 is 5.15. The van der Waals surface area contributed by atoms with E-state index in [4.69, 9.17) is 9.72 Å². The molecule has 1 radical (unpaired) electrons. The van der Waals surface area contributed by atoms with Gasteiger partial charge in [0.15, 0.2) is 0 Å². The molecule has 4 heterocycles. The van der Waals surface area contributed by atoms with Crippen molar-refractivity contribution in [2.75, 3.05) is 25.5 Å². The summed E-state index contributed by atoms with van der Waals surface area (Å²) in [6.45, 7) is 3.21. The number of likely N-dealkylation sites (tertiary alicyclic amines) is 1. The minimum Gasteiger partial charge on any atom is -0.481 e. The first-order valence-electron chi connectivity index (χ1n) is 11.6. The summed E-state index contributed by atoms with van der Waals surface area (Å²) in [6, 6.07) is 13.7. The third-order valence-corrected chi connectivity index (χ3v) is 6.54. The molecule has 1 saturated heterocycles. The van der Waals surface area contributed by atoms with Crippen molar-refractivity contribution in [3.8, 4) is 17.1 Å². The van der Waals surface area contributed by atoms with Crippen molar-refractivity contribution >= 4 is 29.4 Å². The van der Waals surface area contributed by atoms with E-state index in [0.717, 1.165) is 42.7 Å². The molecule has 1 fully saturated rings. The molecule has 2 aromatic heterocycles. The molecule has 35 heavy (non-hydrogen) atoms. The van der Waals surface area contributed by atoms with Crippen molar-refractivity contribution < 1.29 is 14.3 Å². The number of ether oxygens (including phenoxy) is 1. The number of carbonyl (C=O) groups is 2. The molecule has 0 aliphatic carbocycles. The summed E-state index contributed by atoms with van der Waals surface area (Å²) in [4.78, 5) is 35.1. The van der Waals surface area contributed by atoms with Crippen LogP contribution < -0.4 is 15.4 Å². The van der Waals surface area contributed by atoms with Gasteiger partial charge in [-0.3, -0.25) is 9.59 Å². The number of hydrogen-bond donors (Lipinski definition) is 1. The topological polar surface area (TPSA) is 98.5 Å². The normalized spacial score (nSPS) is 15.4. The molecule has 8 heteroatoms. The monoisotopic (exact) mass is 468 g/mol. The van der Waals surface area contributed by atoms with Gasteiger partial charge in [0.25, 0.3) is 5.91 Å². The number of carbonyl (C=O) groups excluding carboxylic acids is 2. The second-order valence-corrected chi connectivity index (χ2v) is 8.69. The van der Waals surface area contributed by atoms with Gasteiger partial charge in [0.05, 0.1) is 18.4 Å². The highest BCUT2D eigenvalue weighted by Gasteiger charge is 2.24. The summed E-state index contributed by atoms with van der Waals surface area (Å²) in [7, 11) is 1.57. The number of anilines is 2. The molecular formula is C27H26N5O3. The van der Waals surface area contributed by atoms with Crippen LogP contribution in [-0.2, 0) is 4.79 Å². The van der Waals surface area contributed by atoms with Crippen LogP contribution in [-0.4, -0.2) is 46.9 Å². The fourth-order valence-corrected chi connectivity index (χ4v) is 4.56. The first kappa shape index (κ1) is 22.6. The largest absolute Gasteiger partial charge is 0.481 e. The Labute approximate surface area is 204 Å². The zero-order valence-corrected chi connectivity index (χ0v) is 19.7. The van der Waals surface area contributed by atoms with Gasteiger partial charge in [-0.1, -0.05) is 12.1 Å². The van der Waals surface area contributed by atoms with Gasteiger partial charge in [-0.2, -0.15) is 0 Å². The Balaban J connectivity index is 1.40. The van der Waals surface area contributed by atoms with Crippen LogP contribution in [0.3, 0.4) is 0 Å². The minimum absolute atomic E-state index is 0.141. The third-order valence-electron chi connectivity index (χ3n) is 6.54. The molecule has 5 rings (SSSR count). The van der Waals surface area contributed by atoms with Crippen molar-refractivity contribution in [3.63, 3.8) is 0 Å². The molecule has 0 atom stereocenters. The van der Waals surface area contributed by atoms with Gasteiger partial charge in [0.2, 0.25) is 11.8 Å². The summed E-state index contributed by atoms with van der Waals surface area (Å²) in [5.74, 6) is 1.22. The Morgan fingerprint density at radius 1 is 1.11 bits per heavy atom. The molecular weight excluding hydrogens is 442 g/mol. The molecule has 0 unspecified atom stereocenters. The number of fused-ring (bicyclic) bond motifs is 1. The molecule has 8 nitrogen and oxygen atoms in total. The van der Waals surface area contributed by atoms with Crippen molar-refractivity contribution in [2.45, 2.75) is 25.7 Å². The predicted octanol–water partition coefficient (Wildman–Crippen LogP) is 4.35. The molecule has 1 N–H and O–H groups in total. The van der Waals surface area contributed by atoms with Crippen LogP contribution in [0, 0.1) is 0 Å². The number of amides is 2. The predicted molar refractivity (Wildman–Crippen MR) is 133 cm³/mol. The molecule has 0 spiro atoms. The molecule has 2 amide bonds. The number of pyridine rings is 2. The molecule has 2 aliphatic heterocycles. The van der Waals surface area contributed by atoms with Crippen LogP contribution in [0.1, 0.15) is 47.2 Å². The van der Waals surface area contributed by atoms with Crippen LogP contribution in [0.2, 0.25) is 0 Å². The van der Waals surface area contributed by atoms with Crippen LogP contribution >= 0.6 is 0 Å². The van der Waals surface area contributed by atoms with Crippen LogP contribution in [0.15, 0.2) is 54.9 Å². The Morgan fingerprint density at radius 3 is 2.54 bits per heavy atom. The number of rotatable bonds is 5. The molecule has 0 saturated carbocycles. The maximum absolute atomic E-state index is 12.6. The van der Waals surface area contributed by atoms with E-state index in [1.807, 2.05) is 29.2 Å². The quantitative estimate of drug-likeness (QED) is 0.598. The zero-order valence-electron chi connectivity index (χ0n) is 19.7. The van der Waals surface area contributed by atoms with E-state index in [1.54, 1.807) is 32.4 Å². The first-order chi connectivity index (χ1) is 17.0. The lowest BCUT2D eigenvalue weighted by Gasteiger charge is -2.31. The number of piperidine rings is 1. The number of benzene rings is 1. The molecule has 0 bridgehead atoms. The van der Waals surface area contributed by atoms with E-state index in [2.05, 4.69) is 27.8 Å². The number of nitrogens with one attached hydrogen (secondary N) is 1. The first-order valence-corrected chi connectivity index (χ1v) is 11.6. The van der Waals surface area contributed by atoms with E-state index in [0.29, 0.717) is 28.9 Å². The van der Waals surface area contributed by atoms with Crippen molar-refractivity contribution in [1.29, 1.82) is 0 Å². The average Bonchev–Trinajstić information content (AvgIpc) is 2.89. The highest BCUT2D eigenvalue weighted by molar-refractivity contribution is 6.05. The van der Waals surface area contributed by atoms with E-state index < -0.39 is 0 Å². The lowest BCUT2D eigenvalue weighted by atomic mass is 9.89. The summed E-state index contributed by atoms with van der Waals surface area (Å²) >= 11 is 0. The van der Waals surface area contributed by atoms with Crippen molar-refractivity contribution in [3.05, 3.63) is 71.6 Å². The fraction of sp³-hybridized carbons (Fsp3) is 0.259. The number of aromatic nitrogens is 2. The van der Waals surface area contributed by atoms with Crippen LogP contribution in [0.5, 0.6) is 5.88 Å². The van der Waals surface area contributed by atoms with Gasteiger partial charge < -0.3 is 15.0 Å². The van der Waals surface area contributed by atoms with E-state index in [1.165, 1.54) is 11.8 Å². The Morgan fingerprint density at radius 2 is 1.89 bits per heavy atom. The summed E-state index contributed by atoms with van der Waals surface area (Å²) in [6.07, 6.45) is 6.93. The maximum Gasteiger partial charge on any atom is 0.281 e. The lowest BCUT2D eigenvalue weighted by molar-refractivity contribution is -0.129. The Kier molecular flexibility index (Phi) is 6.18. The van der Waals surface area contributed by atoms with Gasteiger partial charge in [0, 0.05) is 49.7 Å². The van der Waals surface area contributed by atoms with Gasteiger partial charge in [-0.05, 0) is 60.2 Å². The smallest absolute Gasteiger partial charge is 0.281 e. The second-order valence-electron chi connectivity index (χ2n) is 8.69. The van der Waals surface area contributed by atoms with Gasteiger partial charge in [-0.15, -0.1) is 0 Å². The minimum atomic E-state index is -0.328. The Bertz CT molecular complexity index is 1280. The molecule has 1 aromatic carbocycles. The van der Waals surface area contributed by atoms with Crippen molar-refractivity contribution in [1.82, 2.24) is 20.2 Å². The van der Waals surface area contributed by atoms with Crippen molar-refractivity contribution in [2.24, 2.45) is 0 Å². The number of nitrogens with zero attached hydrogens (tertiary/aromatic N) is 4. The standard InChI is InChI=1S/C27H26N5O3/c1-17(33)32-13-10-19(11-14-32)18-3-6-22(7-4-18)30-26-25-20(9-12-28-27(25)34)15-23(31-26)21-5-8-24(35-2)29-16-21/h3-9,12,15-16,19H,10-11,13-14H2,1-2H3,(H,30,31). The Hall–Kier alpha value is -4.20. The van der Waals surface area contributed by atoms with Gasteiger partial charge >= 0.3 is 0 Å². The molecule has 2 aliphatic rings. The summed E-state index contributed by atoms with van der Waals surface area (Å²) in [5.41, 5.74) is 4.78. The zero-order chi connectivity index (χ0) is 24.4. The second kappa shape index (κ2) is 9.58. The van der Waals surface area contributed by atoms with E-state index in [-0.39, 0.29) is 11.8 Å². The highest BCUT2D eigenvalue weighted by Crippen LogP contribution is 2.32. The molecule has 3 aromatic rings. The van der Waals surface area contributed by atoms with Crippen LogP contribution in [0.4, 0.5) is 11.5 Å². The van der Waals surface area contributed by atoms with Gasteiger partial charge in [0.1, 0.15) is 5.82 Å². The number of hydrogen-bond acceptors (Lipinski definition) is 6. The maximum atomic E-state index is 12.6. The highest BCUT2D eigenvalue weighted by atomic mass is 16.5. The fourth-order valence-electron chi connectivity index (χ4n) is 4.56. The SMILES string of the molecule is COc1ccc(-c2cc3c(c(Nc4ccc(C5CCN(C(C)=O)CC5)cc4)n2)C(=O)[N]C=C3)cn1. The third kappa shape index (κ3) is 4.73. The summed E-state index contributed by atoms with van der Waals surface area (Å²) in [5, 5.41) is 7.26. The van der Waals surface area contributed by atoms with Crippen LogP contribution in [0.25, 0.3) is 17.3 Å².